The van der Waals surface area contributed by atoms with Crippen LogP contribution < -0.4 is 5.32 Å². The first kappa shape index (κ1) is 19.9. The highest BCUT2D eigenvalue weighted by Crippen LogP contribution is 2.16. The van der Waals surface area contributed by atoms with E-state index in [2.05, 4.69) is 19.2 Å². The van der Waals surface area contributed by atoms with Crippen molar-refractivity contribution in [1.29, 1.82) is 0 Å². The van der Waals surface area contributed by atoms with E-state index in [0.717, 1.165) is 19.5 Å². The smallest absolute Gasteiger partial charge is 0.0392 e. The minimum absolute atomic E-state index is 0.501. The molecule has 1 rings (SSSR count). The highest BCUT2D eigenvalue weighted by molar-refractivity contribution is 4.81. The van der Waals surface area contributed by atoms with Crippen molar-refractivity contribution in [2.45, 2.75) is 109 Å². The molecule has 1 atom stereocenters. The summed E-state index contributed by atoms with van der Waals surface area (Å²) in [4.78, 5) is 0. The molecule has 2 N–H and O–H groups in total. The van der Waals surface area contributed by atoms with Gasteiger partial charge in [0, 0.05) is 25.2 Å². The highest BCUT2D eigenvalue weighted by atomic mass is 16.5. The second kappa shape index (κ2) is 13.3. The van der Waals surface area contributed by atoms with Gasteiger partial charge in [0.1, 0.15) is 0 Å². The molecule has 0 aromatic heterocycles. The second-order valence-electron chi connectivity index (χ2n) is 7.17. The highest BCUT2D eigenvalue weighted by Gasteiger charge is 2.23. The SMILES string of the molecule is CCCCCCCC(CCCCCCC)NC1CCN(O)C1. The van der Waals surface area contributed by atoms with Crippen molar-refractivity contribution in [3.8, 4) is 0 Å². The maximum atomic E-state index is 9.55. The third-order valence-electron chi connectivity index (χ3n) is 4.95. The van der Waals surface area contributed by atoms with Crippen LogP contribution in [0.2, 0.25) is 0 Å². The summed E-state index contributed by atoms with van der Waals surface area (Å²) in [5.41, 5.74) is 0. The maximum Gasteiger partial charge on any atom is 0.0392 e. The molecule has 0 spiro atoms. The van der Waals surface area contributed by atoms with Gasteiger partial charge in [-0.2, -0.15) is 5.06 Å². The molecule has 0 amide bonds. The minimum atomic E-state index is 0.501. The van der Waals surface area contributed by atoms with Gasteiger partial charge in [-0.15, -0.1) is 0 Å². The molecule has 0 radical (unpaired) electrons. The topological polar surface area (TPSA) is 35.5 Å². The third kappa shape index (κ3) is 9.81. The van der Waals surface area contributed by atoms with Crippen molar-refractivity contribution in [2.75, 3.05) is 13.1 Å². The van der Waals surface area contributed by atoms with Gasteiger partial charge in [-0.1, -0.05) is 78.1 Å². The number of hydrogen-bond donors (Lipinski definition) is 2. The van der Waals surface area contributed by atoms with Gasteiger partial charge >= 0.3 is 0 Å². The Morgan fingerprint density at radius 3 is 1.91 bits per heavy atom. The van der Waals surface area contributed by atoms with Crippen molar-refractivity contribution in [3.63, 3.8) is 0 Å². The Morgan fingerprint density at radius 2 is 1.45 bits per heavy atom. The largest absolute Gasteiger partial charge is 0.314 e. The lowest BCUT2D eigenvalue weighted by atomic mass is 9.99. The molecule has 0 aromatic carbocycles. The Kier molecular flexibility index (Phi) is 12.1. The van der Waals surface area contributed by atoms with Gasteiger partial charge in [-0.25, -0.2) is 0 Å². The second-order valence-corrected chi connectivity index (χ2v) is 7.17. The van der Waals surface area contributed by atoms with Gasteiger partial charge in [-0.3, -0.25) is 0 Å². The van der Waals surface area contributed by atoms with Crippen molar-refractivity contribution < 1.29 is 5.21 Å². The number of unbranched alkanes of at least 4 members (excludes halogenated alkanes) is 8. The molecule has 0 aromatic rings. The van der Waals surface area contributed by atoms with Crippen LogP contribution in [0.15, 0.2) is 0 Å². The van der Waals surface area contributed by atoms with Gasteiger partial charge in [0.05, 0.1) is 0 Å². The molecule has 132 valence electrons. The zero-order valence-corrected chi connectivity index (χ0v) is 15.2. The van der Waals surface area contributed by atoms with Crippen molar-refractivity contribution >= 4 is 0 Å². The normalized spacial score (nSPS) is 19.4. The lowest BCUT2D eigenvalue weighted by Gasteiger charge is -2.23. The van der Waals surface area contributed by atoms with E-state index in [1.165, 1.54) is 82.1 Å². The first-order chi connectivity index (χ1) is 10.8. The molecule has 0 aliphatic carbocycles. The van der Waals surface area contributed by atoms with E-state index < -0.39 is 0 Å². The lowest BCUT2D eigenvalue weighted by molar-refractivity contribution is -0.0699. The molecule has 3 heteroatoms. The minimum Gasteiger partial charge on any atom is -0.314 e. The third-order valence-corrected chi connectivity index (χ3v) is 4.95. The van der Waals surface area contributed by atoms with Crippen LogP contribution in [-0.2, 0) is 0 Å². The van der Waals surface area contributed by atoms with Crippen LogP contribution in [0.3, 0.4) is 0 Å². The summed E-state index contributed by atoms with van der Waals surface area (Å²) in [5, 5.41) is 14.8. The van der Waals surface area contributed by atoms with E-state index in [1.54, 1.807) is 0 Å². The van der Waals surface area contributed by atoms with E-state index in [1.807, 2.05) is 0 Å². The Labute approximate surface area is 138 Å². The molecule has 1 aliphatic rings. The molecular formula is C19H40N2O. The van der Waals surface area contributed by atoms with Crippen molar-refractivity contribution in [1.82, 2.24) is 10.4 Å². The number of hydrogen-bond acceptors (Lipinski definition) is 3. The molecule has 1 fully saturated rings. The number of nitrogens with zero attached hydrogens (tertiary/aromatic N) is 1. The molecule has 1 saturated heterocycles. The zero-order chi connectivity index (χ0) is 16.0. The summed E-state index contributed by atoms with van der Waals surface area (Å²) in [5.74, 6) is 0. The van der Waals surface area contributed by atoms with Crippen LogP contribution in [0.4, 0.5) is 0 Å². The molecule has 0 saturated carbocycles. The van der Waals surface area contributed by atoms with Crippen molar-refractivity contribution in [2.24, 2.45) is 0 Å². The molecule has 0 bridgehead atoms. The molecule has 3 nitrogen and oxygen atoms in total. The number of rotatable bonds is 14. The monoisotopic (exact) mass is 312 g/mol. The Bertz CT molecular complexity index is 234. The fourth-order valence-electron chi connectivity index (χ4n) is 3.51. The number of hydroxylamine groups is 2. The molecule has 22 heavy (non-hydrogen) atoms. The quantitative estimate of drug-likeness (QED) is 0.436. The molecular weight excluding hydrogens is 272 g/mol. The van der Waals surface area contributed by atoms with Gasteiger partial charge < -0.3 is 10.5 Å². The molecule has 1 unspecified atom stereocenters. The van der Waals surface area contributed by atoms with Gasteiger partial charge in [-0.05, 0) is 19.3 Å². The average molecular weight is 313 g/mol. The van der Waals surface area contributed by atoms with Crippen LogP contribution in [0.1, 0.15) is 97.3 Å². The van der Waals surface area contributed by atoms with Gasteiger partial charge in [0.25, 0.3) is 0 Å². The van der Waals surface area contributed by atoms with Gasteiger partial charge in [0.15, 0.2) is 0 Å². The predicted octanol–water partition coefficient (Wildman–Crippen LogP) is 5.13. The van der Waals surface area contributed by atoms with Crippen LogP contribution in [0.5, 0.6) is 0 Å². The summed E-state index contributed by atoms with van der Waals surface area (Å²) in [6.45, 7) is 6.20. The van der Waals surface area contributed by atoms with Crippen LogP contribution >= 0.6 is 0 Å². The molecule has 1 aliphatic heterocycles. The van der Waals surface area contributed by atoms with Crippen LogP contribution in [0, 0.1) is 0 Å². The first-order valence-electron chi connectivity index (χ1n) is 9.96. The summed E-state index contributed by atoms with van der Waals surface area (Å²) < 4.78 is 0. The van der Waals surface area contributed by atoms with Gasteiger partial charge in [0.2, 0.25) is 0 Å². The van der Waals surface area contributed by atoms with Crippen molar-refractivity contribution in [3.05, 3.63) is 0 Å². The predicted molar refractivity (Wildman–Crippen MR) is 95.4 cm³/mol. The lowest BCUT2D eigenvalue weighted by Crippen LogP contribution is -2.39. The van der Waals surface area contributed by atoms with E-state index >= 15 is 0 Å². The summed E-state index contributed by atoms with van der Waals surface area (Å²) in [6, 6.07) is 1.17. The fraction of sp³-hybridized carbons (Fsp3) is 1.00. The maximum absolute atomic E-state index is 9.55. The van der Waals surface area contributed by atoms with Crippen LogP contribution in [0.25, 0.3) is 0 Å². The summed E-state index contributed by atoms with van der Waals surface area (Å²) in [7, 11) is 0. The zero-order valence-electron chi connectivity index (χ0n) is 15.2. The van der Waals surface area contributed by atoms with E-state index in [-0.39, 0.29) is 0 Å². The van der Waals surface area contributed by atoms with E-state index in [0.29, 0.717) is 12.1 Å². The Hall–Kier alpha value is -0.120. The summed E-state index contributed by atoms with van der Waals surface area (Å²) >= 11 is 0. The Morgan fingerprint density at radius 1 is 0.909 bits per heavy atom. The molecule has 1 heterocycles. The number of nitrogens with one attached hydrogen (secondary N) is 1. The van der Waals surface area contributed by atoms with E-state index in [9.17, 15) is 5.21 Å². The summed E-state index contributed by atoms with van der Waals surface area (Å²) in [6.07, 6.45) is 17.5. The fourth-order valence-corrected chi connectivity index (χ4v) is 3.51. The first-order valence-corrected chi connectivity index (χ1v) is 9.96. The average Bonchev–Trinajstić information content (AvgIpc) is 2.91. The Balaban J connectivity index is 2.19. The van der Waals surface area contributed by atoms with Crippen LogP contribution in [-0.4, -0.2) is 35.4 Å². The standard InChI is InChI=1S/C19H40N2O/c1-3-5-7-9-11-13-18(14-12-10-8-6-4-2)20-19-15-16-21(22)17-19/h18-20,22H,3-17H2,1-2H3. The van der Waals surface area contributed by atoms with E-state index in [4.69, 9.17) is 0 Å².